The molecule has 1 unspecified atom stereocenters. The molecule has 0 aliphatic carbocycles. The van der Waals surface area contributed by atoms with E-state index in [-0.39, 0.29) is 23.1 Å². The lowest BCUT2D eigenvalue weighted by atomic mass is 10.1. The molecule has 1 aliphatic rings. The second kappa shape index (κ2) is 9.00. The summed E-state index contributed by atoms with van der Waals surface area (Å²) in [5.41, 5.74) is 3.30. The number of rotatable bonds is 4. The lowest BCUT2D eigenvalue weighted by molar-refractivity contribution is 0.0968. The first kappa shape index (κ1) is 19.4. The summed E-state index contributed by atoms with van der Waals surface area (Å²) in [4.78, 5) is 5.82. The van der Waals surface area contributed by atoms with Gasteiger partial charge in [-0.05, 0) is 42.7 Å². The number of halogens is 2. The first-order valence-electron chi connectivity index (χ1n) is 8.45. The van der Waals surface area contributed by atoms with E-state index in [0.717, 1.165) is 41.5 Å². The van der Waals surface area contributed by atoms with Gasteiger partial charge >= 0.3 is 0 Å². The highest BCUT2D eigenvalue weighted by molar-refractivity contribution is 8.93. The van der Waals surface area contributed by atoms with Crippen LogP contribution in [0.5, 0.6) is 0 Å². The van der Waals surface area contributed by atoms with Crippen LogP contribution in [-0.2, 0) is 11.3 Å². The van der Waals surface area contributed by atoms with Gasteiger partial charge in [0.1, 0.15) is 0 Å². The molecule has 0 spiro atoms. The molecular weight excluding hydrogens is 432 g/mol. The third-order valence-corrected chi connectivity index (χ3v) is 5.44. The molecular formula is C20H20BrClN2OS. The van der Waals surface area contributed by atoms with Crippen LogP contribution in [0.4, 0.5) is 5.69 Å². The van der Waals surface area contributed by atoms with Crippen LogP contribution in [-0.4, -0.2) is 17.3 Å². The van der Waals surface area contributed by atoms with E-state index in [2.05, 4.69) is 34.2 Å². The van der Waals surface area contributed by atoms with Gasteiger partial charge in [0.2, 0.25) is 0 Å². The predicted octanol–water partition coefficient (Wildman–Crippen LogP) is 5.86. The molecule has 6 heteroatoms. The van der Waals surface area contributed by atoms with Crippen molar-refractivity contribution in [1.29, 1.82) is 0 Å². The largest absolute Gasteiger partial charge is 0.376 e. The van der Waals surface area contributed by atoms with Gasteiger partial charge in [0.05, 0.1) is 24.0 Å². The first-order chi connectivity index (χ1) is 12.3. The van der Waals surface area contributed by atoms with Crippen molar-refractivity contribution in [2.45, 2.75) is 25.5 Å². The van der Waals surface area contributed by atoms with E-state index in [9.17, 15) is 0 Å². The van der Waals surface area contributed by atoms with E-state index in [1.165, 1.54) is 11.3 Å². The molecule has 2 heterocycles. The van der Waals surface area contributed by atoms with Crippen molar-refractivity contribution in [3.05, 3.63) is 69.8 Å². The van der Waals surface area contributed by atoms with Crippen LogP contribution < -0.4 is 4.80 Å². The monoisotopic (exact) mass is 450 g/mol. The van der Waals surface area contributed by atoms with E-state index >= 15 is 0 Å². The van der Waals surface area contributed by atoms with Crippen LogP contribution in [0.15, 0.2) is 65.0 Å². The van der Waals surface area contributed by atoms with E-state index < -0.39 is 0 Å². The smallest absolute Gasteiger partial charge is 0.190 e. The third kappa shape index (κ3) is 4.46. The molecule has 2 aromatic carbocycles. The average Bonchev–Trinajstić information content (AvgIpc) is 3.29. The molecule has 0 amide bonds. The van der Waals surface area contributed by atoms with Gasteiger partial charge in [0, 0.05) is 17.0 Å². The number of nitrogens with zero attached hydrogens (tertiary/aromatic N) is 2. The van der Waals surface area contributed by atoms with Gasteiger partial charge in [-0.2, -0.15) is 0 Å². The second-order valence-electron chi connectivity index (χ2n) is 6.10. The normalized spacial score (nSPS) is 17.3. The fourth-order valence-electron chi connectivity index (χ4n) is 3.05. The van der Waals surface area contributed by atoms with Crippen molar-refractivity contribution in [2.24, 2.45) is 4.99 Å². The van der Waals surface area contributed by atoms with Gasteiger partial charge in [0.15, 0.2) is 4.80 Å². The molecule has 3 nitrogen and oxygen atoms in total. The summed E-state index contributed by atoms with van der Waals surface area (Å²) in [5, 5.41) is 2.90. The Labute approximate surface area is 172 Å². The molecule has 1 atom stereocenters. The number of ether oxygens (including phenoxy) is 1. The summed E-state index contributed by atoms with van der Waals surface area (Å²) < 4.78 is 8.15. The Balaban J connectivity index is 0.00000196. The Morgan fingerprint density at radius 2 is 1.88 bits per heavy atom. The van der Waals surface area contributed by atoms with Crippen molar-refractivity contribution in [2.75, 3.05) is 6.61 Å². The van der Waals surface area contributed by atoms with Gasteiger partial charge in [0.25, 0.3) is 0 Å². The molecule has 0 bridgehead atoms. The zero-order chi connectivity index (χ0) is 17.1. The highest BCUT2D eigenvalue weighted by Crippen LogP contribution is 2.23. The fourth-order valence-corrected chi connectivity index (χ4v) is 4.12. The van der Waals surface area contributed by atoms with Gasteiger partial charge in [-0.3, -0.25) is 0 Å². The Hall–Kier alpha value is -1.40. The Morgan fingerprint density at radius 3 is 2.58 bits per heavy atom. The van der Waals surface area contributed by atoms with Crippen molar-refractivity contribution in [3.8, 4) is 11.3 Å². The maximum absolute atomic E-state index is 5.98. The van der Waals surface area contributed by atoms with Gasteiger partial charge < -0.3 is 9.30 Å². The number of aromatic nitrogens is 1. The van der Waals surface area contributed by atoms with Crippen LogP contribution >= 0.6 is 39.9 Å². The Kier molecular flexibility index (Phi) is 6.70. The van der Waals surface area contributed by atoms with Crippen molar-refractivity contribution in [1.82, 2.24) is 4.57 Å². The van der Waals surface area contributed by atoms with Gasteiger partial charge in [-0.15, -0.1) is 28.3 Å². The fraction of sp³-hybridized carbons (Fsp3) is 0.250. The lowest BCUT2D eigenvalue weighted by Gasteiger charge is -2.14. The summed E-state index contributed by atoms with van der Waals surface area (Å²) in [5.74, 6) is 0. The van der Waals surface area contributed by atoms with Crippen LogP contribution in [0.3, 0.4) is 0 Å². The second-order valence-corrected chi connectivity index (χ2v) is 7.38. The summed E-state index contributed by atoms with van der Waals surface area (Å²) >= 11 is 7.64. The van der Waals surface area contributed by atoms with Crippen LogP contribution in [0.1, 0.15) is 12.8 Å². The number of thiazole rings is 1. The van der Waals surface area contributed by atoms with Crippen LogP contribution in [0, 0.1) is 0 Å². The van der Waals surface area contributed by atoms with Gasteiger partial charge in [-0.1, -0.05) is 41.9 Å². The Morgan fingerprint density at radius 1 is 1.12 bits per heavy atom. The summed E-state index contributed by atoms with van der Waals surface area (Å²) in [7, 11) is 0. The average molecular weight is 452 g/mol. The molecule has 26 heavy (non-hydrogen) atoms. The first-order valence-corrected chi connectivity index (χ1v) is 9.71. The minimum absolute atomic E-state index is 0. The maximum Gasteiger partial charge on any atom is 0.190 e. The molecule has 136 valence electrons. The highest BCUT2D eigenvalue weighted by atomic mass is 79.9. The third-order valence-electron chi connectivity index (χ3n) is 4.33. The van der Waals surface area contributed by atoms with Crippen molar-refractivity contribution < 1.29 is 4.74 Å². The van der Waals surface area contributed by atoms with Crippen LogP contribution in [0.25, 0.3) is 11.3 Å². The zero-order valence-corrected chi connectivity index (χ0v) is 17.5. The van der Waals surface area contributed by atoms with Crippen molar-refractivity contribution in [3.63, 3.8) is 0 Å². The SMILES string of the molecule is Br.Clc1ccc(N=c2scc(-c3ccccc3)n2CC2CCCO2)cc1. The minimum Gasteiger partial charge on any atom is -0.376 e. The Bertz CT molecular complexity index is 900. The van der Waals surface area contributed by atoms with E-state index in [4.69, 9.17) is 21.3 Å². The quantitative estimate of drug-likeness (QED) is 0.488. The van der Waals surface area contributed by atoms with E-state index in [1.807, 2.05) is 30.3 Å². The van der Waals surface area contributed by atoms with E-state index in [0.29, 0.717) is 0 Å². The molecule has 1 aromatic heterocycles. The van der Waals surface area contributed by atoms with E-state index in [1.54, 1.807) is 11.3 Å². The maximum atomic E-state index is 5.98. The summed E-state index contributed by atoms with van der Waals surface area (Å²) in [6.07, 6.45) is 2.51. The predicted molar refractivity (Wildman–Crippen MR) is 114 cm³/mol. The molecule has 1 fully saturated rings. The topological polar surface area (TPSA) is 26.5 Å². The molecule has 0 saturated carbocycles. The molecule has 3 aromatic rings. The van der Waals surface area contributed by atoms with Gasteiger partial charge in [-0.25, -0.2) is 4.99 Å². The minimum atomic E-state index is 0. The molecule has 1 saturated heterocycles. The summed E-state index contributed by atoms with van der Waals surface area (Å²) in [6.45, 7) is 1.69. The molecule has 1 aliphatic heterocycles. The molecule has 0 radical (unpaired) electrons. The van der Waals surface area contributed by atoms with Crippen molar-refractivity contribution >= 4 is 45.6 Å². The highest BCUT2D eigenvalue weighted by Gasteiger charge is 2.18. The standard InChI is InChI=1S/C20H19ClN2OS.BrH/c21-16-8-10-17(11-9-16)22-20-23(13-18-7-4-12-24-18)19(14-25-20)15-5-2-1-3-6-15;/h1-3,5-6,8-11,14,18H,4,7,12-13H2;1H. The molecule has 4 rings (SSSR count). The summed E-state index contributed by atoms with van der Waals surface area (Å²) in [6, 6.07) is 18.1. The van der Waals surface area contributed by atoms with Crippen LogP contribution in [0.2, 0.25) is 5.02 Å². The number of hydrogen-bond acceptors (Lipinski definition) is 3. The number of benzene rings is 2. The molecule has 0 N–H and O–H groups in total. The lowest BCUT2D eigenvalue weighted by Crippen LogP contribution is -2.23. The zero-order valence-electron chi connectivity index (χ0n) is 14.2. The number of hydrogen-bond donors (Lipinski definition) is 0.